The number of nitrogens with one attached hydrogen (secondary N) is 1. The summed E-state index contributed by atoms with van der Waals surface area (Å²) >= 11 is 0. The first-order chi connectivity index (χ1) is 14.9. The third kappa shape index (κ3) is 4.49. The molecule has 31 heavy (non-hydrogen) atoms. The molecule has 0 aromatic carbocycles. The zero-order valence-corrected chi connectivity index (χ0v) is 18.3. The molecule has 0 fully saturated rings. The highest BCUT2D eigenvalue weighted by Gasteiger charge is 2.30. The van der Waals surface area contributed by atoms with Gasteiger partial charge in [-0.3, -0.25) is 10.2 Å². The molecule has 0 saturated carbocycles. The first-order valence-corrected chi connectivity index (χ1v) is 10.2. The highest BCUT2D eigenvalue weighted by atomic mass is 16.5. The monoisotopic (exact) mass is 430 g/mol. The summed E-state index contributed by atoms with van der Waals surface area (Å²) in [6.07, 6.45) is 3.22. The molecule has 3 heterocycles. The Morgan fingerprint density at radius 3 is 2.74 bits per heavy atom. The summed E-state index contributed by atoms with van der Waals surface area (Å²) < 4.78 is 18.5. The number of methoxy groups -OCH3 is 2. The number of hydrogen-bond donors (Lipinski definition) is 3. The number of hydrazine groups is 1. The minimum atomic E-state index is -0.460. The lowest BCUT2D eigenvalue weighted by Crippen LogP contribution is -2.36. The molecule has 3 rings (SSSR count). The average molecular weight is 431 g/mol. The molecule has 0 bridgehead atoms. The maximum atomic E-state index is 12.3. The van der Waals surface area contributed by atoms with E-state index >= 15 is 0 Å². The number of ether oxygens (including phenoxy) is 3. The molecule has 10 nitrogen and oxygen atoms in total. The van der Waals surface area contributed by atoms with Crippen molar-refractivity contribution < 1.29 is 19.0 Å². The highest BCUT2D eigenvalue weighted by Crippen LogP contribution is 2.40. The highest BCUT2D eigenvalue weighted by molar-refractivity contribution is 5.93. The van der Waals surface area contributed by atoms with Crippen LogP contribution in [0.2, 0.25) is 0 Å². The van der Waals surface area contributed by atoms with Gasteiger partial charge in [-0.25, -0.2) is 10.8 Å². The maximum Gasteiger partial charge on any atom is 0.268 e. The molecule has 10 heteroatoms. The molecule has 1 aliphatic rings. The van der Waals surface area contributed by atoms with Gasteiger partial charge in [0.25, 0.3) is 11.8 Å². The molecule has 0 unspecified atom stereocenters. The molecule has 0 saturated heterocycles. The topological polar surface area (TPSA) is 139 Å². The zero-order valence-electron chi connectivity index (χ0n) is 18.3. The van der Waals surface area contributed by atoms with Gasteiger partial charge in [0.1, 0.15) is 0 Å². The number of carbonyl (C=O) groups is 1. The third-order valence-electron chi connectivity index (χ3n) is 5.39. The van der Waals surface area contributed by atoms with E-state index in [1.165, 1.54) is 0 Å². The second-order valence-corrected chi connectivity index (χ2v) is 7.68. The summed E-state index contributed by atoms with van der Waals surface area (Å²) in [7, 11) is 3.21. The number of fused-ring (bicyclic) bond motifs is 3. The van der Waals surface area contributed by atoms with Crippen molar-refractivity contribution in [1.82, 2.24) is 15.0 Å². The van der Waals surface area contributed by atoms with Gasteiger partial charge in [0, 0.05) is 32.4 Å². The third-order valence-corrected chi connectivity index (χ3v) is 5.39. The molecule has 2 aromatic heterocycles. The van der Waals surface area contributed by atoms with Gasteiger partial charge in [0.2, 0.25) is 0 Å². The Bertz CT molecular complexity index is 1020. The smallest absolute Gasteiger partial charge is 0.268 e. The summed E-state index contributed by atoms with van der Waals surface area (Å²) in [5.41, 5.74) is 5.01. The van der Waals surface area contributed by atoms with Crippen LogP contribution in [-0.4, -0.2) is 42.9 Å². The Balaban J connectivity index is 2.15. The Labute approximate surface area is 181 Å². The number of nitrogen functional groups attached to an aromatic ring is 1. The molecule has 1 aliphatic heterocycles. The standard InChI is InChI=1S/C21H30N6O4/c1-12(2)16-8-13-9-18(31-7-5-6-29-3)21(30-4)24-19(13)17-10-15(25-22)14(11-27(16)17)20(28)26-23/h9-12,16H,5-8,22-23H2,1-4H3,(H,26,28)/t16-/m0/s1. The Hall–Kier alpha value is -3.11. The Kier molecular flexibility index (Phi) is 7.13. The molecule has 0 radical (unpaired) electrons. The number of nitrogens with zero attached hydrogens (tertiary/aromatic N) is 3. The minimum Gasteiger partial charge on any atom is -0.488 e. The van der Waals surface area contributed by atoms with Gasteiger partial charge in [0.15, 0.2) is 5.75 Å². The normalized spacial score (nSPS) is 15.4. The van der Waals surface area contributed by atoms with E-state index in [1.807, 2.05) is 10.6 Å². The Morgan fingerprint density at radius 1 is 1.35 bits per heavy atom. The van der Waals surface area contributed by atoms with Gasteiger partial charge >= 0.3 is 0 Å². The van der Waals surface area contributed by atoms with E-state index in [-0.39, 0.29) is 6.04 Å². The summed E-state index contributed by atoms with van der Waals surface area (Å²) in [6.45, 7) is 5.38. The van der Waals surface area contributed by atoms with Gasteiger partial charge in [-0.15, -0.1) is 0 Å². The number of rotatable bonds is 8. The number of nitrogens with two attached hydrogens (primary N) is 2. The molecule has 2 aromatic rings. The number of pyridine rings is 2. The van der Waals surface area contributed by atoms with Crippen LogP contribution in [0, 0.1) is 5.92 Å². The van der Waals surface area contributed by atoms with Gasteiger partial charge in [-0.05, 0) is 30.0 Å². The lowest BCUT2D eigenvalue weighted by Gasteiger charge is -2.33. The molecule has 168 valence electrons. The number of carbonyl (C=O) groups excluding carboxylic acids is 1. The van der Waals surface area contributed by atoms with Crippen molar-refractivity contribution in [2.75, 3.05) is 27.4 Å². The fourth-order valence-electron chi connectivity index (χ4n) is 3.79. The van der Waals surface area contributed by atoms with E-state index in [0.717, 1.165) is 29.8 Å². The summed E-state index contributed by atoms with van der Waals surface area (Å²) in [5, 5.41) is 4.11. The van der Waals surface area contributed by atoms with Gasteiger partial charge < -0.3 is 24.6 Å². The van der Waals surface area contributed by atoms with Crippen LogP contribution >= 0.6 is 0 Å². The summed E-state index contributed by atoms with van der Waals surface area (Å²) in [5.74, 6) is 11.7. The zero-order chi connectivity index (χ0) is 22.5. The van der Waals surface area contributed by atoms with Crippen LogP contribution in [0.15, 0.2) is 23.4 Å². The second-order valence-electron chi connectivity index (χ2n) is 7.68. The predicted octanol–water partition coefficient (Wildman–Crippen LogP) is 1.11. The van der Waals surface area contributed by atoms with Crippen LogP contribution in [0.25, 0.3) is 11.4 Å². The molecule has 5 N–H and O–H groups in total. The molecule has 0 spiro atoms. The predicted molar refractivity (Wildman–Crippen MR) is 115 cm³/mol. The van der Waals surface area contributed by atoms with Crippen LogP contribution < -0.4 is 31.9 Å². The molecular weight excluding hydrogens is 400 g/mol. The molecule has 1 atom stereocenters. The van der Waals surface area contributed by atoms with Crippen molar-refractivity contribution in [3.63, 3.8) is 0 Å². The van der Waals surface area contributed by atoms with Crippen LogP contribution in [0.1, 0.15) is 42.2 Å². The van der Waals surface area contributed by atoms with Crippen molar-refractivity contribution in [1.29, 1.82) is 0 Å². The fraction of sp³-hybridized carbons (Fsp3) is 0.476. The van der Waals surface area contributed by atoms with Gasteiger partial charge in [-0.1, -0.05) is 13.8 Å². The van der Waals surface area contributed by atoms with E-state index in [1.54, 1.807) is 26.5 Å². The van der Waals surface area contributed by atoms with Crippen molar-refractivity contribution >= 4 is 5.91 Å². The van der Waals surface area contributed by atoms with E-state index in [0.29, 0.717) is 41.7 Å². The van der Waals surface area contributed by atoms with Crippen molar-refractivity contribution in [2.45, 2.75) is 32.7 Å². The van der Waals surface area contributed by atoms with Crippen LogP contribution in [-0.2, 0) is 11.2 Å². The maximum absolute atomic E-state index is 12.3. The minimum absolute atomic E-state index is 0.0928. The van der Waals surface area contributed by atoms with Gasteiger partial charge in [0.05, 0.1) is 36.0 Å². The van der Waals surface area contributed by atoms with E-state index in [9.17, 15) is 4.79 Å². The van der Waals surface area contributed by atoms with Crippen LogP contribution in [0.5, 0.6) is 11.6 Å². The number of hydrogen-bond acceptors (Lipinski definition) is 8. The van der Waals surface area contributed by atoms with Crippen molar-refractivity contribution in [3.05, 3.63) is 34.8 Å². The largest absolute Gasteiger partial charge is 0.488 e. The number of amides is 1. The fourth-order valence-corrected chi connectivity index (χ4v) is 3.79. The quantitative estimate of drug-likeness (QED) is 0.247. The Morgan fingerprint density at radius 2 is 2.13 bits per heavy atom. The number of aromatic nitrogens is 2. The molecule has 0 aliphatic carbocycles. The van der Waals surface area contributed by atoms with Crippen molar-refractivity contribution in [2.24, 2.45) is 22.7 Å². The van der Waals surface area contributed by atoms with E-state index in [2.05, 4.69) is 24.4 Å². The first-order valence-electron chi connectivity index (χ1n) is 10.2. The lowest BCUT2D eigenvalue weighted by atomic mass is 9.89. The van der Waals surface area contributed by atoms with Crippen molar-refractivity contribution in [3.8, 4) is 23.0 Å². The van der Waals surface area contributed by atoms with Crippen LogP contribution in [0.3, 0.4) is 0 Å². The SMILES string of the molecule is COCCCOc1cc2c(nc1OC)-c1cc(=NN)c(C(=O)NN)cn1[C@H](C(C)C)C2. The summed E-state index contributed by atoms with van der Waals surface area (Å²) in [6, 6.07) is 3.83. The average Bonchev–Trinajstić information content (AvgIpc) is 2.79. The lowest BCUT2D eigenvalue weighted by molar-refractivity contribution is 0.0951. The first kappa shape index (κ1) is 22.6. The molecular formula is C21H30N6O4. The van der Waals surface area contributed by atoms with E-state index in [4.69, 9.17) is 30.9 Å². The second kappa shape index (κ2) is 9.80. The van der Waals surface area contributed by atoms with E-state index < -0.39 is 5.91 Å². The van der Waals surface area contributed by atoms with Crippen LogP contribution in [0.4, 0.5) is 0 Å². The van der Waals surface area contributed by atoms with Gasteiger partial charge in [-0.2, -0.15) is 5.10 Å². The molecule has 1 amide bonds. The summed E-state index contributed by atoms with van der Waals surface area (Å²) in [4.78, 5) is 17.0.